The molecule has 2 aromatic rings. The van der Waals surface area contributed by atoms with Gasteiger partial charge in [-0.05, 0) is 30.7 Å². The fraction of sp³-hybridized carbons (Fsp3) is 0.333. The highest BCUT2D eigenvalue weighted by Crippen LogP contribution is 2.35. The third-order valence-electron chi connectivity index (χ3n) is 3.70. The average Bonchev–Trinajstić information content (AvgIpc) is 2.59. The second-order valence-corrected chi connectivity index (χ2v) is 5.68. The predicted octanol–water partition coefficient (Wildman–Crippen LogP) is 4.72. The highest BCUT2D eigenvalue weighted by atomic mass is 19.4. The van der Waals surface area contributed by atoms with Crippen molar-refractivity contribution in [1.29, 1.82) is 0 Å². The molecule has 1 aromatic heterocycles. The van der Waals surface area contributed by atoms with Gasteiger partial charge in [-0.2, -0.15) is 13.2 Å². The largest absolute Gasteiger partial charge is 0.418 e. The van der Waals surface area contributed by atoms with Crippen LogP contribution in [-0.2, 0) is 6.18 Å². The zero-order chi connectivity index (χ0) is 18.4. The number of hydrogen-bond acceptors (Lipinski definition) is 3. The molecule has 0 radical (unpaired) electrons. The van der Waals surface area contributed by atoms with E-state index in [9.17, 15) is 18.0 Å². The van der Waals surface area contributed by atoms with E-state index in [1.807, 2.05) is 6.92 Å². The number of unbranched alkanes of at least 4 members (excludes halogenated alkanes) is 1. The van der Waals surface area contributed by atoms with Crippen molar-refractivity contribution >= 4 is 17.4 Å². The van der Waals surface area contributed by atoms with Crippen LogP contribution in [0.4, 0.5) is 24.7 Å². The number of alkyl halides is 3. The molecule has 1 aromatic carbocycles. The Morgan fingerprint density at radius 3 is 2.52 bits per heavy atom. The number of amides is 1. The fourth-order valence-electron chi connectivity index (χ4n) is 2.29. The summed E-state index contributed by atoms with van der Waals surface area (Å²) < 4.78 is 39.0. The summed E-state index contributed by atoms with van der Waals surface area (Å²) in [4.78, 5) is 17.9. The van der Waals surface area contributed by atoms with Gasteiger partial charge in [0, 0.05) is 19.8 Å². The number of anilines is 2. The summed E-state index contributed by atoms with van der Waals surface area (Å²) in [6.45, 7) is 2.69. The lowest BCUT2D eigenvalue weighted by atomic mass is 10.1. The Kier molecular flexibility index (Phi) is 6.01. The lowest BCUT2D eigenvalue weighted by molar-refractivity contribution is -0.136. The normalized spacial score (nSPS) is 11.2. The molecule has 0 spiro atoms. The van der Waals surface area contributed by atoms with Crippen LogP contribution in [0.5, 0.6) is 0 Å². The van der Waals surface area contributed by atoms with E-state index in [-0.39, 0.29) is 17.4 Å². The Balaban J connectivity index is 2.13. The van der Waals surface area contributed by atoms with E-state index in [1.54, 1.807) is 18.0 Å². The van der Waals surface area contributed by atoms with Gasteiger partial charge < -0.3 is 10.2 Å². The zero-order valence-corrected chi connectivity index (χ0v) is 14.1. The number of carbonyl (C=O) groups is 1. The molecule has 0 atom stereocenters. The van der Waals surface area contributed by atoms with Crippen molar-refractivity contribution in [3.05, 3.63) is 53.7 Å². The molecule has 1 heterocycles. The Morgan fingerprint density at radius 1 is 1.20 bits per heavy atom. The van der Waals surface area contributed by atoms with Gasteiger partial charge in [0.25, 0.3) is 5.91 Å². The van der Waals surface area contributed by atoms with Gasteiger partial charge >= 0.3 is 6.18 Å². The van der Waals surface area contributed by atoms with E-state index in [2.05, 4.69) is 10.3 Å². The van der Waals surface area contributed by atoms with Crippen LogP contribution in [-0.4, -0.2) is 29.4 Å². The van der Waals surface area contributed by atoms with Gasteiger partial charge in [0.2, 0.25) is 0 Å². The van der Waals surface area contributed by atoms with Crippen LogP contribution in [0.1, 0.15) is 35.7 Å². The van der Waals surface area contributed by atoms with Gasteiger partial charge in [-0.15, -0.1) is 0 Å². The highest BCUT2D eigenvalue weighted by molar-refractivity contribution is 5.94. The second kappa shape index (κ2) is 8.00. The molecule has 0 aliphatic rings. The maximum absolute atomic E-state index is 13.0. The zero-order valence-electron chi connectivity index (χ0n) is 14.1. The molecular weight excluding hydrogens is 331 g/mol. The van der Waals surface area contributed by atoms with E-state index in [1.165, 1.54) is 30.5 Å². The number of nitrogens with zero attached hydrogens (tertiary/aromatic N) is 2. The third-order valence-corrected chi connectivity index (χ3v) is 3.70. The maximum atomic E-state index is 13.0. The number of benzene rings is 1. The van der Waals surface area contributed by atoms with E-state index in [0.717, 1.165) is 18.9 Å². The van der Waals surface area contributed by atoms with Gasteiger partial charge in [0.05, 0.1) is 16.8 Å². The van der Waals surface area contributed by atoms with Crippen molar-refractivity contribution in [1.82, 2.24) is 9.88 Å². The smallest absolute Gasteiger partial charge is 0.342 e. The Morgan fingerprint density at radius 2 is 1.92 bits per heavy atom. The second-order valence-electron chi connectivity index (χ2n) is 5.68. The molecule has 134 valence electrons. The van der Waals surface area contributed by atoms with Crippen LogP contribution in [0.2, 0.25) is 0 Å². The molecule has 2 rings (SSSR count). The number of halogens is 3. The van der Waals surface area contributed by atoms with Gasteiger partial charge in [-0.1, -0.05) is 25.5 Å². The van der Waals surface area contributed by atoms with E-state index < -0.39 is 11.7 Å². The summed E-state index contributed by atoms with van der Waals surface area (Å²) in [5.74, 6) is 0.0765. The lowest BCUT2D eigenvalue weighted by Gasteiger charge is -2.17. The fourth-order valence-corrected chi connectivity index (χ4v) is 2.29. The first-order valence-corrected chi connectivity index (χ1v) is 7.97. The molecule has 0 bridgehead atoms. The van der Waals surface area contributed by atoms with Crippen LogP contribution in [0.25, 0.3) is 0 Å². The summed E-state index contributed by atoms with van der Waals surface area (Å²) >= 11 is 0. The summed E-state index contributed by atoms with van der Waals surface area (Å²) in [5, 5.41) is 2.65. The van der Waals surface area contributed by atoms with Crippen molar-refractivity contribution in [2.45, 2.75) is 25.9 Å². The molecule has 25 heavy (non-hydrogen) atoms. The minimum Gasteiger partial charge on any atom is -0.342 e. The number of pyridine rings is 1. The summed E-state index contributed by atoms with van der Waals surface area (Å²) in [7, 11) is 1.71. The average molecular weight is 351 g/mol. The molecule has 0 unspecified atom stereocenters. The Hall–Kier alpha value is -2.57. The third kappa shape index (κ3) is 4.95. The molecule has 7 heteroatoms. The molecule has 0 fully saturated rings. The van der Waals surface area contributed by atoms with Crippen LogP contribution in [0.15, 0.2) is 42.6 Å². The molecule has 1 N–H and O–H groups in total. The van der Waals surface area contributed by atoms with Gasteiger partial charge in [0.1, 0.15) is 5.82 Å². The van der Waals surface area contributed by atoms with Gasteiger partial charge in [-0.25, -0.2) is 4.98 Å². The number of carbonyl (C=O) groups excluding carboxylic acids is 1. The van der Waals surface area contributed by atoms with E-state index in [0.29, 0.717) is 12.1 Å². The number of aromatic nitrogens is 1. The van der Waals surface area contributed by atoms with Crippen molar-refractivity contribution < 1.29 is 18.0 Å². The first kappa shape index (κ1) is 18.8. The van der Waals surface area contributed by atoms with Gasteiger partial charge in [-0.3, -0.25) is 4.79 Å². The molecule has 0 aliphatic heterocycles. The monoisotopic (exact) mass is 351 g/mol. The lowest BCUT2D eigenvalue weighted by Crippen LogP contribution is -2.27. The van der Waals surface area contributed by atoms with Crippen LogP contribution < -0.4 is 5.32 Å². The maximum Gasteiger partial charge on any atom is 0.418 e. The SMILES string of the molecule is CCCCN(C)C(=O)c1ccc(Nc2ccccc2C(F)(F)F)nc1. The quantitative estimate of drug-likeness (QED) is 0.819. The molecule has 4 nitrogen and oxygen atoms in total. The molecule has 0 saturated heterocycles. The van der Waals surface area contributed by atoms with E-state index in [4.69, 9.17) is 0 Å². The number of nitrogens with one attached hydrogen (secondary N) is 1. The first-order chi connectivity index (χ1) is 11.8. The van der Waals surface area contributed by atoms with Crippen molar-refractivity contribution in [3.63, 3.8) is 0 Å². The molecular formula is C18H20F3N3O. The van der Waals surface area contributed by atoms with Crippen molar-refractivity contribution in [2.24, 2.45) is 0 Å². The molecule has 1 amide bonds. The summed E-state index contributed by atoms with van der Waals surface area (Å²) in [6.07, 6.45) is -1.20. The first-order valence-electron chi connectivity index (χ1n) is 7.97. The minimum absolute atomic E-state index is 0.0818. The Labute approximate surface area is 144 Å². The van der Waals surface area contributed by atoms with Crippen molar-refractivity contribution in [3.8, 4) is 0 Å². The van der Waals surface area contributed by atoms with Crippen LogP contribution in [0, 0.1) is 0 Å². The summed E-state index contributed by atoms with van der Waals surface area (Å²) in [6, 6.07) is 8.23. The van der Waals surface area contributed by atoms with E-state index >= 15 is 0 Å². The summed E-state index contributed by atoms with van der Waals surface area (Å²) in [5.41, 5.74) is -0.453. The van der Waals surface area contributed by atoms with Crippen molar-refractivity contribution in [2.75, 3.05) is 18.9 Å². The highest BCUT2D eigenvalue weighted by Gasteiger charge is 2.33. The Bertz CT molecular complexity index is 714. The van der Waals surface area contributed by atoms with Crippen LogP contribution >= 0.6 is 0 Å². The minimum atomic E-state index is -4.46. The predicted molar refractivity (Wildman–Crippen MR) is 90.8 cm³/mol. The molecule has 0 saturated carbocycles. The van der Waals surface area contributed by atoms with Crippen LogP contribution in [0.3, 0.4) is 0 Å². The number of hydrogen-bond donors (Lipinski definition) is 1. The number of para-hydroxylation sites is 1. The molecule has 0 aliphatic carbocycles. The standard InChI is InChI=1S/C18H20F3N3O/c1-3-4-11-24(2)17(25)13-9-10-16(22-12-13)23-15-8-6-5-7-14(15)18(19,20)21/h5-10,12H,3-4,11H2,1-2H3,(H,22,23). The number of rotatable bonds is 6. The van der Waals surface area contributed by atoms with Gasteiger partial charge in [0.15, 0.2) is 0 Å². The topological polar surface area (TPSA) is 45.2 Å².